The number of ether oxygens (including phenoxy) is 1. The summed E-state index contributed by atoms with van der Waals surface area (Å²) < 4.78 is 38.9. The second-order valence-electron chi connectivity index (χ2n) is 2.80. The molecule has 0 bridgehead atoms. The van der Waals surface area contributed by atoms with Gasteiger partial charge in [0.2, 0.25) is 10.0 Å². The second-order valence-corrected chi connectivity index (χ2v) is 5.14. The summed E-state index contributed by atoms with van der Waals surface area (Å²) in [5, 5.41) is 4.78. The first-order chi connectivity index (χ1) is 7.36. The zero-order chi connectivity index (χ0) is 12.3. The predicted molar refractivity (Wildman–Crippen MR) is 59.3 cm³/mol. The van der Waals surface area contributed by atoms with Gasteiger partial charge in [-0.2, -0.15) is 0 Å². The highest BCUT2D eigenvalue weighted by Gasteiger charge is 2.16. The Hall–Kier alpha value is -0.560. The first-order valence-corrected chi connectivity index (χ1v) is 6.37. The molecular formula is C8H8Cl2FNO3S. The molecule has 0 fully saturated rings. The largest absolute Gasteiger partial charge is 0.489 e. The summed E-state index contributed by atoms with van der Waals surface area (Å²) in [6, 6.07) is 2.24. The first-order valence-electron chi connectivity index (χ1n) is 4.07. The maximum Gasteiger partial charge on any atom is 0.239 e. The van der Waals surface area contributed by atoms with Gasteiger partial charge in [-0.25, -0.2) is 17.9 Å². The van der Waals surface area contributed by atoms with Gasteiger partial charge >= 0.3 is 0 Å². The van der Waals surface area contributed by atoms with E-state index in [2.05, 4.69) is 0 Å². The van der Waals surface area contributed by atoms with Gasteiger partial charge in [-0.05, 0) is 6.07 Å². The molecule has 0 heterocycles. The summed E-state index contributed by atoms with van der Waals surface area (Å²) in [5.74, 6) is 0.108. The van der Waals surface area contributed by atoms with Crippen LogP contribution in [0.25, 0.3) is 0 Å². The summed E-state index contributed by atoms with van der Waals surface area (Å²) in [7, 11) is -3.94. The van der Waals surface area contributed by atoms with Gasteiger partial charge in [-0.3, -0.25) is 0 Å². The SMILES string of the molecule is NS(=O)(=O)c1cc(Cl)c(OCCF)cc1Cl. The lowest BCUT2D eigenvalue weighted by Crippen LogP contribution is -2.13. The number of hydrogen-bond donors (Lipinski definition) is 1. The van der Waals surface area contributed by atoms with E-state index in [1.54, 1.807) is 0 Å². The van der Waals surface area contributed by atoms with E-state index in [0.717, 1.165) is 6.07 Å². The number of nitrogens with two attached hydrogens (primary N) is 1. The maximum atomic E-state index is 11.9. The molecule has 0 unspecified atom stereocenters. The Kier molecular flexibility index (Phi) is 4.37. The van der Waals surface area contributed by atoms with Gasteiger partial charge in [0.25, 0.3) is 0 Å². The Balaban J connectivity index is 3.17. The van der Waals surface area contributed by atoms with E-state index >= 15 is 0 Å². The van der Waals surface area contributed by atoms with Crippen LogP contribution < -0.4 is 9.88 Å². The summed E-state index contributed by atoms with van der Waals surface area (Å²) in [6.45, 7) is -0.879. The lowest BCUT2D eigenvalue weighted by atomic mass is 10.3. The van der Waals surface area contributed by atoms with Crippen LogP contribution in [0.1, 0.15) is 0 Å². The van der Waals surface area contributed by atoms with Crippen LogP contribution >= 0.6 is 23.2 Å². The van der Waals surface area contributed by atoms with Gasteiger partial charge in [0, 0.05) is 6.07 Å². The molecule has 0 radical (unpaired) electrons. The normalized spacial score (nSPS) is 11.5. The van der Waals surface area contributed by atoms with Gasteiger partial charge in [-0.1, -0.05) is 23.2 Å². The quantitative estimate of drug-likeness (QED) is 0.921. The Labute approximate surface area is 102 Å². The van der Waals surface area contributed by atoms with Gasteiger partial charge in [-0.15, -0.1) is 0 Å². The molecule has 0 aliphatic heterocycles. The van der Waals surface area contributed by atoms with E-state index in [-0.39, 0.29) is 27.3 Å². The van der Waals surface area contributed by atoms with Gasteiger partial charge in [0.1, 0.15) is 23.9 Å². The molecule has 2 N–H and O–H groups in total. The van der Waals surface area contributed by atoms with Crippen molar-refractivity contribution in [1.29, 1.82) is 0 Å². The van der Waals surface area contributed by atoms with Crippen molar-refractivity contribution >= 4 is 33.2 Å². The van der Waals surface area contributed by atoms with E-state index in [4.69, 9.17) is 33.1 Å². The number of hydrogen-bond acceptors (Lipinski definition) is 3. The molecule has 0 atom stereocenters. The molecule has 8 heteroatoms. The van der Waals surface area contributed by atoms with Crippen LogP contribution in [0.3, 0.4) is 0 Å². The number of sulfonamides is 1. The molecule has 16 heavy (non-hydrogen) atoms. The van der Waals surface area contributed by atoms with Crippen molar-refractivity contribution in [2.75, 3.05) is 13.3 Å². The van der Waals surface area contributed by atoms with Crippen LogP contribution in [-0.4, -0.2) is 21.7 Å². The van der Waals surface area contributed by atoms with Crippen molar-refractivity contribution in [3.05, 3.63) is 22.2 Å². The number of halogens is 3. The van der Waals surface area contributed by atoms with Crippen molar-refractivity contribution in [1.82, 2.24) is 0 Å². The minimum Gasteiger partial charge on any atom is -0.489 e. The van der Waals surface area contributed by atoms with E-state index in [0.29, 0.717) is 0 Å². The minimum atomic E-state index is -3.94. The topological polar surface area (TPSA) is 69.4 Å². The third-order valence-corrected chi connectivity index (χ3v) is 3.30. The van der Waals surface area contributed by atoms with Crippen molar-refractivity contribution in [2.24, 2.45) is 5.14 Å². The molecule has 90 valence electrons. The lowest BCUT2D eigenvalue weighted by Gasteiger charge is -2.09. The Bertz CT molecular complexity index is 492. The molecule has 1 aromatic rings. The molecule has 4 nitrogen and oxygen atoms in total. The van der Waals surface area contributed by atoms with Crippen molar-refractivity contribution in [3.63, 3.8) is 0 Å². The summed E-state index contributed by atoms with van der Waals surface area (Å²) in [5.41, 5.74) is 0. The first kappa shape index (κ1) is 13.5. The van der Waals surface area contributed by atoms with Crippen molar-refractivity contribution in [3.8, 4) is 5.75 Å². The zero-order valence-corrected chi connectivity index (χ0v) is 10.2. The number of alkyl halides is 1. The highest BCUT2D eigenvalue weighted by atomic mass is 35.5. The number of primary sulfonamides is 1. The van der Waals surface area contributed by atoms with Crippen LogP contribution in [0.5, 0.6) is 5.75 Å². The molecule has 1 rings (SSSR count). The van der Waals surface area contributed by atoms with E-state index in [9.17, 15) is 12.8 Å². The van der Waals surface area contributed by atoms with E-state index < -0.39 is 16.7 Å². The molecule has 0 saturated heterocycles. The Morgan fingerprint density at radius 1 is 1.31 bits per heavy atom. The van der Waals surface area contributed by atoms with E-state index in [1.165, 1.54) is 6.07 Å². The van der Waals surface area contributed by atoms with Crippen molar-refractivity contribution < 1.29 is 17.5 Å². The smallest absolute Gasteiger partial charge is 0.239 e. The molecule has 0 aromatic heterocycles. The molecule has 0 aliphatic carbocycles. The summed E-state index contributed by atoms with van der Waals surface area (Å²) in [4.78, 5) is -0.299. The van der Waals surface area contributed by atoms with Gasteiger partial charge in [0.15, 0.2) is 0 Å². The third kappa shape index (κ3) is 3.21. The molecule has 1 aromatic carbocycles. The van der Waals surface area contributed by atoms with Gasteiger partial charge < -0.3 is 4.74 Å². The molecule has 0 amide bonds. The van der Waals surface area contributed by atoms with Crippen molar-refractivity contribution in [2.45, 2.75) is 4.90 Å². The highest BCUT2D eigenvalue weighted by molar-refractivity contribution is 7.89. The molecule has 0 spiro atoms. The fraction of sp³-hybridized carbons (Fsp3) is 0.250. The van der Waals surface area contributed by atoms with Crippen LogP contribution in [0.2, 0.25) is 10.0 Å². The van der Waals surface area contributed by atoms with Crippen LogP contribution in [-0.2, 0) is 10.0 Å². The zero-order valence-electron chi connectivity index (χ0n) is 7.91. The third-order valence-electron chi connectivity index (χ3n) is 1.63. The van der Waals surface area contributed by atoms with Crippen LogP contribution in [0, 0.1) is 0 Å². The summed E-state index contributed by atoms with van der Waals surface area (Å²) >= 11 is 11.4. The summed E-state index contributed by atoms with van der Waals surface area (Å²) in [6.07, 6.45) is 0. The van der Waals surface area contributed by atoms with E-state index in [1.807, 2.05) is 0 Å². The average molecular weight is 288 g/mol. The molecule has 0 aliphatic rings. The Morgan fingerprint density at radius 3 is 2.44 bits per heavy atom. The fourth-order valence-electron chi connectivity index (χ4n) is 0.988. The Morgan fingerprint density at radius 2 is 1.94 bits per heavy atom. The van der Waals surface area contributed by atoms with Crippen LogP contribution in [0.4, 0.5) is 4.39 Å². The van der Waals surface area contributed by atoms with Crippen LogP contribution in [0.15, 0.2) is 17.0 Å². The standard InChI is InChI=1S/C8H8Cl2FNO3S/c9-5-4-8(16(12,13)14)6(10)3-7(5)15-2-1-11/h3-4H,1-2H2,(H2,12,13,14). The average Bonchev–Trinajstić information content (AvgIpc) is 2.17. The lowest BCUT2D eigenvalue weighted by molar-refractivity contribution is 0.273. The fourth-order valence-corrected chi connectivity index (χ4v) is 2.36. The predicted octanol–water partition coefficient (Wildman–Crippen LogP) is 1.99. The number of rotatable bonds is 4. The van der Waals surface area contributed by atoms with Gasteiger partial charge in [0.05, 0.1) is 10.0 Å². The number of benzene rings is 1. The highest BCUT2D eigenvalue weighted by Crippen LogP contribution is 2.32. The second kappa shape index (κ2) is 5.18. The molecule has 0 saturated carbocycles. The monoisotopic (exact) mass is 287 g/mol. The maximum absolute atomic E-state index is 11.9. The minimum absolute atomic E-state index is 0.00174. The molecular weight excluding hydrogens is 280 g/mol.